The quantitative estimate of drug-likeness (QED) is 0.425. The molecule has 1 aliphatic rings. The van der Waals surface area contributed by atoms with Gasteiger partial charge in [-0.25, -0.2) is 0 Å². The first-order chi connectivity index (χ1) is 5.70. The fourth-order valence-electron chi connectivity index (χ4n) is 0.834. The van der Waals surface area contributed by atoms with Gasteiger partial charge in [-0.2, -0.15) is 0 Å². The van der Waals surface area contributed by atoms with E-state index in [1.54, 1.807) is 28.7 Å². The molecule has 0 N–H and O–H groups in total. The fraction of sp³-hybridized carbons (Fsp3) is 0.429. The second-order valence-electron chi connectivity index (χ2n) is 2.30. The molecule has 1 amide bonds. The fourth-order valence-corrected chi connectivity index (χ4v) is 1.09. The van der Waals surface area contributed by atoms with E-state index in [1.165, 1.54) is 11.0 Å². The van der Waals surface area contributed by atoms with Crippen molar-refractivity contribution in [2.75, 3.05) is 19.9 Å². The first-order valence-electron chi connectivity index (χ1n) is 3.41. The van der Waals surface area contributed by atoms with Gasteiger partial charge in [-0.1, -0.05) is 6.08 Å². The maximum atomic E-state index is 10.9. The van der Waals surface area contributed by atoms with Crippen molar-refractivity contribution in [1.82, 2.24) is 4.90 Å². The average molecular weight is 281 g/mol. The molecular formula is C7H8INO3. The summed E-state index contributed by atoms with van der Waals surface area (Å²) in [4.78, 5) is 22.9. The molecule has 12 heavy (non-hydrogen) atoms. The van der Waals surface area contributed by atoms with Crippen LogP contribution in [0.15, 0.2) is 12.2 Å². The topological polar surface area (TPSA) is 46.6 Å². The van der Waals surface area contributed by atoms with Gasteiger partial charge >= 0.3 is 0 Å². The van der Waals surface area contributed by atoms with Crippen LogP contribution in [0, 0.1) is 0 Å². The molecule has 0 spiro atoms. The summed E-state index contributed by atoms with van der Waals surface area (Å²) in [5.41, 5.74) is 0. The SMILES string of the molecule is O=C(I)/C=C/CN1COCC1=O. The molecule has 0 aromatic carbocycles. The van der Waals surface area contributed by atoms with Crippen LogP contribution >= 0.6 is 22.6 Å². The highest BCUT2D eigenvalue weighted by Gasteiger charge is 2.18. The van der Waals surface area contributed by atoms with Gasteiger partial charge < -0.3 is 9.64 Å². The summed E-state index contributed by atoms with van der Waals surface area (Å²) in [5.74, 6) is -0.0273. The van der Waals surface area contributed by atoms with Crippen LogP contribution in [-0.2, 0) is 14.3 Å². The number of hydrogen-bond donors (Lipinski definition) is 0. The molecule has 0 bridgehead atoms. The Hall–Kier alpha value is -0.430. The molecule has 1 fully saturated rings. The first-order valence-corrected chi connectivity index (χ1v) is 4.49. The summed E-state index contributed by atoms with van der Waals surface area (Å²) in [6.45, 7) is 0.943. The van der Waals surface area contributed by atoms with E-state index in [0.717, 1.165) is 0 Å². The zero-order valence-electron chi connectivity index (χ0n) is 6.33. The molecular weight excluding hydrogens is 273 g/mol. The molecule has 66 valence electrons. The highest BCUT2D eigenvalue weighted by molar-refractivity contribution is 14.1. The maximum absolute atomic E-state index is 10.9. The Morgan fingerprint density at radius 1 is 1.75 bits per heavy atom. The zero-order chi connectivity index (χ0) is 8.97. The lowest BCUT2D eigenvalue weighted by Crippen LogP contribution is -2.25. The highest BCUT2D eigenvalue weighted by atomic mass is 127. The van der Waals surface area contributed by atoms with Gasteiger partial charge in [-0.05, 0) is 6.08 Å². The van der Waals surface area contributed by atoms with Crippen molar-refractivity contribution in [3.8, 4) is 0 Å². The van der Waals surface area contributed by atoms with Crippen molar-refractivity contribution in [2.24, 2.45) is 0 Å². The van der Waals surface area contributed by atoms with Crippen LogP contribution in [0.1, 0.15) is 0 Å². The molecule has 1 heterocycles. The molecule has 0 radical (unpaired) electrons. The summed E-state index contributed by atoms with van der Waals surface area (Å²) in [5, 5.41) is 0. The standard InChI is InChI=1S/C7H8INO3/c8-6(10)2-1-3-9-5-12-4-7(9)11/h1-2H,3-5H2/b2-1+. The van der Waals surface area contributed by atoms with Crippen LogP contribution in [0.25, 0.3) is 0 Å². The highest BCUT2D eigenvalue weighted by Crippen LogP contribution is 2.00. The molecule has 1 rings (SSSR count). The Balaban J connectivity index is 2.31. The third-order valence-electron chi connectivity index (χ3n) is 1.40. The van der Waals surface area contributed by atoms with E-state index in [4.69, 9.17) is 4.74 Å². The van der Waals surface area contributed by atoms with Crippen LogP contribution in [0.2, 0.25) is 0 Å². The Bertz CT molecular complexity index is 227. The monoisotopic (exact) mass is 281 g/mol. The van der Waals surface area contributed by atoms with Crippen LogP contribution in [0.5, 0.6) is 0 Å². The first kappa shape index (κ1) is 9.66. The maximum Gasteiger partial charge on any atom is 0.250 e. The van der Waals surface area contributed by atoms with Crippen LogP contribution in [-0.4, -0.2) is 34.5 Å². The van der Waals surface area contributed by atoms with Gasteiger partial charge in [0.2, 0.25) is 3.79 Å². The summed E-state index contributed by atoms with van der Waals surface area (Å²) >= 11 is 1.67. The van der Waals surface area contributed by atoms with Gasteiger partial charge in [0.25, 0.3) is 5.91 Å². The van der Waals surface area contributed by atoms with E-state index in [-0.39, 0.29) is 16.3 Å². The lowest BCUT2D eigenvalue weighted by atomic mass is 10.4. The van der Waals surface area contributed by atoms with Crippen molar-refractivity contribution < 1.29 is 14.3 Å². The number of ether oxygens (including phenoxy) is 1. The van der Waals surface area contributed by atoms with E-state index in [2.05, 4.69) is 0 Å². The predicted molar refractivity (Wildman–Crippen MR) is 50.7 cm³/mol. The molecule has 1 aliphatic heterocycles. The Labute approximate surface area is 83.7 Å². The van der Waals surface area contributed by atoms with Gasteiger partial charge in [0.05, 0.1) is 0 Å². The largest absolute Gasteiger partial charge is 0.351 e. The van der Waals surface area contributed by atoms with E-state index >= 15 is 0 Å². The summed E-state index contributed by atoms with van der Waals surface area (Å²) < 4.78 is 4.84. The molecule has 0 aliphatic carbocycles. The van der Waals surface area contributed by atoms with Crippen LogP contribution in [0.4, 0.5) is 0 Å². The lowest BCUT2D eigenvalue weighted by Gasteiger charge is -2.08. The van der Waals surface area contributed by atoms with Gasteiger partial charge in [0, 0.05) is 29.1 Å². The second-order valence-corrected chi connectivity index (χ2v) is 3.36. The van der Waals surface area contributed by atoms with Gasteiger partial charge in [0.15, 0.2) is 0 Å². The Morgan fingerprint density at radius 3 is 3.00 bits per heavy atom. The number of carbonyl (C=O) groups is 2. The predicted octanol–water partition coefficient (Wildman–Crippen LogP) is 0.321. The number of allylic oxidation sites excluding steroid dienone is 1. The molecule has 1 saturated heterocycles. The minimum Gasteiger partial charge on any atom is -0.351 e. The molecule has 0 aromatic rings. The van der Waals surface area contributed by atoms with Crippen molar-refractivity contribution in [1.29, 1.82) is 0 Å². The summed E-state index contributed by atoms with van der Waals surface area (Å²) in [6.07, 6.45) is 3.09. The third kappa shape index (κ3) is 2.90. The lowest BCUT2D eigenvalue weighted by molar-refractivity contribution is -0.126. The van der Waals surface area contributed by atoms with Crippen molar-refractivity contribution in [2.45, 2.75) is 0 Å². The van der Waals surface area contributed by atoms with E-state index in [1.807, 2.05) is 0 Å². The van der Waals surface area contributed by atoms with Crippen molar-refractivity contribution in [3.05, 3.63) is 12.2 Å². The number of amides is 1. The number of carbonyl (C=O) groups excluding carboxylic acids is 2. The van der Waals surface area contributed by atoms with Gasteiger partial charge in [-0.15, -0.1) is 0 Å². The molecule has 0 aromatic heterocycles. The minimum absolute atomic E-state index is 0.0273. The van der Waals surface area contributed by atoms with Crippen LogP contribution < -0.4 is 0 Å². The van der Waals surface area contributed by atoms with E-state index in [9.17, 15) is 9.59 Å². The number of rotatable bonds is 3. The number of hydrogen-bond acceptors (Lipinski definition) is 3. The van der Waals surface area contributed by atoms with E-state index in [0.29, 0.717) is 13.3 Å². The molecule has 0 unspecified atom stereocenters. The molecule has 4 nitrogen and oxygen atoms in total. The molecule has 0 atom stereocenters. The summed E-state index contributed by atoms with van der Waals surface area (Å²) in [6, 6.07) is 0. The molecule has 5 heteroatoms. The van der Waals surface area contributed by atoms with E-state index < -0.39 is 0 Å². The minimum atomic E-state index is -0.0415. The molecule has 0 saturated carbocycles. The zero-order valence-corrected chi connectivity index (χ0v) is 8.48. The Kier molecular flexibility index (Phi) is 3.67. The number of nitrogens with zero attached hydrogens (tertiary/aromatic N) is 1. The Morgan fingerprint density at radius 2 is 2.50 bits per heavy atom. The smallest absolute Gasteiger partial charge is 0.250 e. The summed E-state index contributed by atoms with van der Waals surface area (Å²) in [7, 11) is 0. The second kappa shape index (κ2) is 4.56. The van der Waals surface area contributed by atoms with Gasteiger partial charge in [0.1, 0.15) is 13.3 Å². The normalized spacial score (nSPS) is 17.8. The van der Waals surface area contributed by atoms with Crippen molar-refractivity contribution >= 4 is 32.3 Å². The average Bonchev–Trinajstić information content (AvgIpc) is 2.36. The van der Waals surface area contributed by atoms with Gasteiger partial charge in [-0.3, -0.25) is 9.59 Å². The third-order valence-corrected chi connectivity index (χ3v) is 1.76. The van der Waals surface area contributed by atoms with Crippen molar-refractivity contribution in [3.63, 3.8) is 0 Å². The van der Waals surface area contributed by atoms with Crippen LogP contribution in [0.3, 0.4) is 0 Å². The number of halogens is 1.